The van der Waals surface area contributed by atoms with E-state index in [9.17, 15) is 0 Å². The monoisotopic (exact) mass is 293 g/mol. The molecule has 0 aliphatic carbocycles. The molecule has 112 valence electrons. The fourth-order valence-electron chi connectivity index (χ4n) is 2.56. The van der Waals surface area contributed by atoms with Crippen molar-refractivity contribution in [2.45, 2.75) is 12.8 Å². The zero-order valence-corrected chi connectivity index (χ0v) is 12.5. The molecular weight excluding hydrogens is 274 g/mol. The van der Waals surface area contributed by atoms with Gasteiger partial charge in [0.1, 0.15) is 11.6 Å². The number of aryl methyl sites for hydroxylation is 2. The number of rotatable bonds is 5. The van der Waals surface area contributed by atoms with Crippen LogP contribution in [0, 0.1) is 0 Å². The number of hydrogen-bond donors (Lipinski definition) is 2. The number of anilines is 1. The van der Waals surface area contributed by atoms with Gasteiger partial charge in [0.15, 0.2) is 0 Å². The maximum absolute atomic E-state index is 5.65. The molecule has 0 saturated carbocycles. The number of benzene rings is 2. The average molecular weight is 293 g/mol. The Hall–Kier alpha value is -2.75. The lowest BCUT2D eigenvalue weighted by atomic mass is 9.96. The van der Waals surface area contributed by atoms with Crippen molar-refractivity contribution >= 4 is 5.82 Å². The Labute approximate surface area is 129 Å². The van der Waals surface area contributed by atoms with Gasteiger partial charge in [0.05, 0.1) is 7.11 Å². The third-order valence-corrected chi connectivity index (χ3v) is 3.72. The lowest BCUT2D eigenvalue weighted by Gasteiger charge is -2.11. The molecule has 0 atom stereocenters. The zero-order chi connectivity index (χ0) is 15.4. The summed E-state index contributed by atoms with van der Waals surface area (Å²) in [5.41, 5.74) is 10.4. The Bertz CT molecular complexity index is 750. The second-order valence-corrected chi connectivity index (χ2v) is 5.21. The van der Waals surface area contributed by atoms with Crippen LogP contribution in [-0.2, 0) is 12.8 Å². The first-order valence-electron chi connectivity index (χ1n) is 7.28. The highest BCUT2D eigenvalue weighted by molar-refractivity contribution is 5.69. The Balaban J connectivity index is 1.89. The van der Waals surface area contributed by atoms with Crippen LogP contribution < -0.4 is 10.5 Å². The van der Waals surface area contributed by atoms with E-state index < -0.39 is 0 Å². The second-order valence-electron chi connectivity index (χ2n) is 5.21. The maximum Gasteiger partial charge on any atom is 0.145 e. The van der Waals surface area contributed by atoms with Crippen molar-refractivity contribution in [2.75, 3.05) is 12.8 Å². The molecular formula is C18H19N3O. The lowest BCUT2D eigenvalue weighted by Crippen LogP contribution is -1.96. The summed E-state index contributed by atoms with van der Waals surface area (Å²) in [6, 6.07) is 18.5. The first kappa shape index (κ1) is 14.2. The summed E-state index contributed by atoms with van der Waals surface area (Å²) in [4.78, 5) is 0. The highest BCUT2D eigenvalue weighted by Gasteiger charge is 2.08. The minimum atomic E-state index is 0.535. The molecule has 3 rings (SSSR count). The number of nitrogens with one attached hydrogen (secondary N) is 1. The van der Waals surface area contributed by atoms with Gasteiger partial charge in [-0.3, -0.25) is 5.10 Å². The Morgan fingerprint density at radius 3 is 2.55 bits per heavy atom. The summed E-state index contributed by atoms with van der Waals surface area (Å²) < 4.78 is 5.36. The van der Waals surface area contributed by atoms with Crippen molar-refractivity contribution in [2.24, 2.45) is 0 Å². The normalized spacial score (nSPS) is 10.6. The molecule has 22 heavy (non-hydrogen) atoms. The summed E-state index contributed by atoms with van der Waals surface area (Å²) >= 11 is 0. The summed E-state index contributed by atoms with van der Waals surface area (Å²) in [5.74, 6) is 1.40. The molecule has 0 fully saturated rings. The molecule has 0 aliphatic rings. The molecule has 0 amide bonds. The van der Waals surface area contributed by atoms with Crippen molar-refractivity contribution in [3.8, 4) is 16.9 Å². The Kier molecular flexibility index (Phi) is 4.10. The smallest absolute Gasteiger partial charge is 0.145 e. The summed E-state index contributed by atoms with van der Waals surface area (Å²) in [7, 11) is 1.69. The Morgan fingerprint density at radius 1 is 1.05 bits per heavy atom. The fourth-order valence-corrected chi connectivity index (χ4v) is 2.56. The van der Waals surface area contributed by atoms with E-state index >= 15 is 0 Å². The molecule has 3 aromatic rings. The standard InChI is InChI=1S/C18H19N3O/c1-22-16-10-8-14(7-9-15-11-18(19)21-20-15)17(12-16)13-5-3-2-4-6-13/h2-6,8,10-12H,7,9H2,1H3,(H3,19,20,21). The van der Waals surface area contributed by atoms with E-state index in [1.54, 1.807) is 7.11 Å². The van der Waals surface area contributed by atoms with E-state index in [1.165, 1.54) is 16.7 Å². The minimum absolute atomic E-state index is 0.535. The van der Waals surface area contributed by atoms with Crippen LogP contribution in [0.1, 0.15) is 11.3 Å². The number of nitrogens with two attached hydrogens (primary N) is 1. The van der Waals surface area contributed by atoms with Crippen LogP contribution in [0.4, 0.5) is 5.82 Å². The molecule has 0 radical (unpaired) electrons. The van der Waals surface area contributed by atoms with E-state index in [0.29, 0.717) is 5.82 Å². The first-order valence-corrected chi connectivity index (χ1v) is 7.28. The molecule has 1 aromatic heterocycles. The van der Waals surface area contributed by atoms with Gasteiger partial charge in [0.2, 0.25) is 0 Å². The van der Waals surface area contributed by atoms with E-state index in [1.807, 2.05) is 30.3 Å². The van der Waals surface area contributed by atoms with Gasteiger partial charge >= 0.3 is 0 Å². The van der Waals surface area contributed by atoms with Crippen LogP contribution in [-0.4, -0.2) is 17.3 Å². The number of aromatic nitrogens is 2. The topological polar surface area (TPSA) is 63.9 Å². The van der Waals surface area contributed by atoms with E-state index in [0.717, 1.165) is 24.3 Å². The van der Waals surface area contributed by atoms with Gasteiger partial charge in [-0.05, 0) is 41.7 Å². The molecule has 0 saturated heterocycles. The quantitative estimate of drug-likeness (QED) is 0.757. The molecule has 3 N–H and O–H groups in total. The van der Waals surface area contributed by atoms with Crippen molar-refractivity contribution in [3.05, 3.63) is 65.9 Å². The van der Waals surface area contributed by atoms with Crippen LogP contribution in [0.15, 0.2) is 54.6 Å². The van der Waals surface area contributed by atoms with Crippen molar-refractivity contribution in [1.29, 1.82) is 0 Å². The predicted molar refractivity (Wildman–Crippen MR) is 88.8 cm³/mol. The molecule has 0 aliphatic heterocycles. The van der Waals surface area contributed by atoms with Gasteiger partial charge < -0.3 is 10.5 Å². The minimum Gasteiger partial charge on any atom is -0.497 e. The molecule has 2 aromatic carbocycles. The van der Waals surface area contributed by atoms with Gasteiger partial charge in [-0.2, -0.15) is 5.10 Å². The van der Waals surface area contributed by atoms with Crippen LogP contribution in [0.25, 0.3) is 11.1 Å². The van der Waals surface area contributed by atoms with Crippen LogP contribution >= 0.6 is 0 Å². The van der Waals surface area contributed by atoms with Gasteiger partial charge in [0, 0.05) is 11.8 Å². The number of ether oxygens (including phenoxy) is 1. The van der Waals surface area contributed by atoms with Crippen LogP contribution in [0.3, 0.4) is 0 Å². The fraction of sp³-hybridized carbons (Fsp3) is 0.167. The number of hydrogen-bond acceptors (Lipinski definition) is 3. The molecule has 4 heteroatoms. The number of methoxy groups -OCH3 is 1. The van der Waals surface area contributed by atoms with Gasteiger partial charge in [-0.1, -0.05) is 36.4 Å². The average Bonchev–Trinajstić information content (AvgIpc) is 2.99. The highest BCUT2D eigenvalue weighted by Crippen LogP contribution is 2.29. The summed E-state index contributed by atoms with van der Waals surface area (Å²) in [6.07, 6.45) is 1.78. The third-order valence-electron chi connectivity index (χ3n) is 3.72. The first-order chi connectivity index (χ1) is 10.8. The largest absolute Gasteiger partial charge is 0.497 e. The lowest BCUT2D eigenvalue weighted by molar-refractivity contribution is 0.415. The van der Waals surface area contributed by atoms with Crippen LogP contribution in [0.2, 0.25) is 0 Å². The van der Waals surface area contributed by atoms with Crippen LogP contribution in [0.5, 0.6) is 5.75 Å². The second kappa shape index (κ2) is 6.35. The zero-order valence-electron chi connectivity index (χ0n) is 12.5. The molecule has 1 heterocycles. The van der Waals surface area contributed by atoms with Crippen molar-refractivity contribution < 1.29 is 4.74 Å². The summed E-state index contributed by atoms with van der Waals surface area (Å²) in [6.45, 7) is 0. The van der Waals surface area contributed by atoms with Gasteiger partial charge in [-0.15, -0.1) is 0 Å². The number of nitrogens with zero attached hydrogens (tertiary/aromatic N) is 1. The van der Waals surface area contributed by atoms with E-state index in [-0.39, 0.29) is 0 Å². The molecule has 0 unspecified atom stereocenters. The molecule has 0 bridgehead atoms. The SMILES string of the molecule is COc1ccc(CCc2cc(N)n[nH]2)c(-c2ccccc2)c1. The molecule has 0 spiro atoms. The van der Waals surface area contributed by atoms with Crippen molar-refractivity contribution in [3.63, 3.8) is 0 Å². The number of nitrogen functional groups attached to an aromatic ring is 1. The summed E-state index contributed by atoms with van der Waals surface area (Å²) in [5, 5.41) is 6.93. The van der Waals surface area contributed by atoms with E-state index in [2.05, 4.69) is 34.5 Å². The number of aromatic amines is 1. The number of H-pyrrole nitrogens is 1. The predicted octanol–water partition coefficient (Wildman–Crippen LogP) is 3.45. The molecule has 4 nitrogen and oxygen atoms in total. The Morgan fingerprint density at radius 2 is 1.86 bits per heavy atom. The van der Waals surface area contributed by atoms with Gasteiger partial charge in [0.25, 0.3) is 0 Å². The maximum atomic E-state index is 5.65. The highest BCUT2D eigenvalue weighted by atomic mass is 16.5. The third kappa shape index (κ3) is 3.11. The van der Waals surface area contributed by atoms with Gasteiger partial charge in [-0.25, -0.2) is 0 Å². The van der Waals surface area contributed by atoms with Crippen molar-refractivity contribution in [1.82, 2.24) is 10.2 Å². The van der Waals surface area contributed by atoms with E-state index in [4.69, 9.17) is 10.5 Å².